The molecule has 8 nitrogen and oxygen atoms in total. The molecule has 8 aromatic rings. The summed E-state index contributed by atoms with van der Waals surface area (Å²) in [6.45, 7) is 4.04. The van der Waals surface area contributed by atoms with Crippen molar-refractivity contribution in [2.24, 2.45) is 0 Å². The number of para-hydroxylation sites is 4. The van der Waals surface area contributed by atoms with Crippen LogP contribution in [0, 0.1) is 21.8 Å². The van der Waals surface area contributed by atoms with Crippen LogP contribution < -0.4 is 0 Å². The van der Waals surface area contributed by atoms with Crippen LogP contribution in [0.5, 0.6) is 0 Å². The lowest BCUT2D eigenvalue weighted by Gasteiger charge is -1.88. The average molecular weight is 601 g/mol. The fraction of sp³-hybridized carbons (Fsp3) is 0.0714. The predicted molar refractivity (Wildman–Crippen MR) is 171 cm³/mol. The van der Waals surface area contributed by atoms with E-state index in [1.54, 1.807) is 22.7 Å². The molecule has 200 valence electrons. The molecular weight excluding hydrogens is 577 g/mol. The van der Waals surface area contributed by atoms with Crippen molar-refractivity contribution < 1.29 is 0 Å². The zero-order chi connectivity index (χ0) is 27.9. The minimum absolute atomic E-state index is 0.848. The summed E-state index contributed by atoms with van der Waals surface area (Å²) < 4.78 is 4.16. The number of hydrogen-bond donors (Lipinski definition) is 4. The molecule has 0 saturated heterocycles. The van der Waals surface area contributed by atoms with E-state index in [1.165, 1.54) is 9.40 Å². The SMILES string of the molecule is Cc1cccc2n[nH]nc12.Cc1cccc2n[nH]nc12.S=c1[nH]c2ccccc2s1.S=c1[nH]c2ccccc2s1. The van der Waals surface area contributed by atoms with Gasteiger partial charge in [0.25, 0.3) is 0 Å². The first-order valence-corrected chi connectivity index (χ1v) is 14.6. The third kappa shape index (κ3) is 6.72. The third-order valence-corrected chi connectivity index (χ3v) is 8.18. The molecule has 4 aromatic heterocycles. The Morgan fingerprint density at radius 1 is 0.525 bits per heavy atom. The lowest BCUT2D eigenvalue weighted by molar-refractivity contribution is 0.958. The second kappa shape index (κ2) is 12.8. The van der Waals surface area contributed by atoms with E-state index in [0.29, 0.717) is 0 Å². The summed E-state index contributed by atoms with van der Waals surface area (Å²) >= 11 is 13.2. The minimum Gasteiger partial charge on any atom is -0.337 e. The summed E-state index contributed by atoms with van der Waals surface area (Å²) in [4.78, 5) is 6.18. The highest BCUT2D eigenvalue weighted by Gasteiger charge is 1.98. The van der Waals surface area contributed by atoms with Gasteiger partial charge in [-0.25, -0.2) is 0 Å². The number of aromatic amines is 4. The van der Waals surface area contributed by atoms with E-state index in [2.05, 4.69) is 52.9 Å². The summed E-state index contributed by atoms with van der Waals surface area (Å²) in [5.41, 5.74) is 8.37. The van der Waals surface area contributed by atoms with Gasteiger partial charge < -0.3 is 9.97 Å². The van der Waals surface area contributed by atoms with Crippen molar-refractivity contribution in [3.05, 3.63) is 104 Å². The summed E-state index contributed by atoms with van der Waals surface area (Å²) in [6.07, 6.45) is 0. The molecule has 4 heterocycles. The standard InChI is InChI=1S/2C7H7N3.2C7H5NS2/c2*1-5-3-2-4-6-7(5)9-10-8-6;2*9-7-8-5-3-1-2-4-6(5)10-7/h2*2-4H,1H3,(H,8,9,10);2*1-4H,(H,8,9). The number of benzene rings is 4. The molecule has 0 unspecified atom stereocenters. The number of nitrogens with zero attached hydrogens (tertiary/aromatic N) is 4. The van der Waals surface area contributed by atoms with Crippen molar-refractivity contribution >= 4 is 89.6 Å². The summed E-state index contributed by atoms with van der Waals surface area (Å²) in [5.74, 6) is 0. The molecule has 0 saturated carbocycles. The maximum absolute atomic E-state index is 4.98. The molecule has 0 fully saturated rings. The van der Waals surface area contributed by atoms with Crippen LogP contribution in [0.4, 0.5) is 0 Å². The van der Waals surface area contributed by atoms with Gasteiger partial charge in [-0.15, -0.1) is 22.7 Å². The molecule has 0 aliphatic carbocycles. The molecule has 0 radical (unpaired) electrons. The number of aryl methyl sites for hydroxylation is 2. The highest BCUT2D eigenvalue weighted by Crippen LogP contribution is 2.18. The first-order chi connectivity index (χ1) is 19.5. The Morgan fingerprint density at radius 3 is 1.35 bits per heavy atom. The van der Waals surface area contributed by atoms with Gasteiger partial charge in [-0.05, 0) is 85.8 Å². The Labute approximate surface area is 247 Å². The molecule has 4 N–H and O–H groups in total. The van der Waals surface area contributed by atoms with E-state index in [4.69, 9.17) is 24.4 Å². The Kier molecular flexibility index (Phi) is 8.81. The maximum atomic E-state index is 4.98. The van der Waals surface area contributed by atoms with Gasteiger partial charge >= 0.3 is 0 Å². The topological polar surface area (TPSA) is 115 Å². The van der Waals surface area contributed by atoms with Crippen molar-refractivity contribution in [3.63, 3.8) is 0 Å². The number of H-pyrrole nitrogens is 4. The van der Waals surface area contributed by atoms with Gasteiger partial charge in [-0.2, -0.15) is 30.8 Å². The van der Waals surface area contributed by atoms with E-state index in [-0.39, 0.29) is 0 Å². The quantitative estimate of drug-likeness (QED) is 0.130. The zero-order valence-electron chi connectivity index (χ0n) is 21.5. The van der Waals surface area contributed by atoms with Gasteiger partial charge in [-0.1, -0.05) is 48.5 Å². The number of hydrogen-bond acceptors (Lipinski definition) is 8. The molecule has 0 atom stereocenters. The smallest absolute Gasteiger partial charge is 0.159 e. The van der Waals surface area contributed by atoms with Gasteiger partial charge in [0.2, 0.25) is 0 Å². The predicted octanol–water partition coefficient (Wildman–Crippen LogP) is 8.45. The minimum atomic E-state index is 0.848. The molecule has 12 heteroatoms. The van der Waals surface area contributed by atoms with E-state index in [0.717, 1.165) is 52.1 Å². The molecule has 0 spiro atoms. The first kappa shape index (κ1) is 27.5. The van der Waals surface area contributed by atoms with E-state index in [9.17, 15) is 0 Å². The molecule has 0 bridgehead atoms. The van der Waals surface area contributed by atoms with Crippen molar-refractivity contribution in [1.29, 1.82) is 0 Å². The zero-order valence-corrected chi connectivity index (χ0v) is 24.8. The number of aromatic nitrogens is 8. The number of rotatable bonds is 0. The van der Waals surface area contributed by atoms with Crippen molar-refractivity contribution in [1.82, 2.24) is 40.8 Å². The number of fused-ring (bicyclic) bond motifs is 4. The number of thiazole rings is 2. The Morgan fingerprint density at radius 2 is 0.950 bits per heavy atom. The average Bonchev–Trinajstić information content (AvgIpc) is 3.75. The second-order valence-corrected chi connectivity index (χ2v) is 12.0. The lowest BCUT2D eigenvalue weighted by atomic mass is 10.2. The lowest BCUT2D eigenvalue weighted by Crippen LogP contribution is -1.73. The van der Waals surface area contributed by atoms with Crippen LogP contribution in [0.25, 0.3) is 42.5 Å². The van der Waals surface area contributed by atoms with Crippen LogP contribution in [0.15, 0.2) is 84.9 Å². The normalized spacial score (nSPS) is 10.4. The molecule has 40 heavy (non-hydrogen) atoms. The van der Waals surface area contributed by atoms with Gasteiger partial charge in [0.15, 0.2) is 7.91 Å². The summed E-state index contributed by atoms with van der Waals surface area (Å²) in [5, 5.41) is 21.0. The van der Waals surface area contributed by atoms with Crippen LogP contribution in [0.2, 0.25) is 0 Å². The highest BCUT2D eigenvalue weighted by molar-refractivity contribution is 7.74. The van der Waals surface area contributed by atoms with Crippen LogP contribution in [-0.4, -0.2) is 40.8 Å². The monoisotopic (exact) mass is 600 g/mol. The molecule has 4 aromatic carbocycles. The fourth-order valence-corrected chi connectivity index (χ4v) is 6.04. The van der Waals surface area contributed by atoms with Gasteiger partial charge in [0, 0.05) is 0 Å². The summed E-state index contributed by atoms with van der Waals surface area (Å²) in [7, 11) is 0. The van der Waals surface area contributed by atoms with Gasteiger partial charge in [0.05, 0.1) is 20.4 Å². The molecule has 0 amide bonds. The van der Waals surface area contributed by atoms with Crippen LogP contribution in [0.3, 0.4) is 0 Å². The maximum Gasteiger partial charge on any atom is 0.159 e. The Hall–Kier alpha value is -4.10. The summed E-state index contributed by atoms with van der Waals surface area (Å²) in [6, 6.07) is 28.1. The Bertz CT molecular complexity index is 1890. The Balaban J connectivity index is 0.000000108. The largest absolute Gasteiger partial charge is 0.337 e. The second-order valence-electron chi connectivity index (χ2n) is 8.55. The molecule has 0 aliphatic heterocycles. The molecule has 0 aliphatic rings. The van der Waals surface area contributed by atoms with E-state index < -0.39 is 0 Å². The van der Waals surface area contributed by atoms with Crippen LogP contribution >= 0.6 is 47.1 Å². The van der Waals surface area contributed by atoms with E-state index >= 15 is 0 Å². The molecular formula is C28H24N8S4. The van der Waals surface area contributed by atoms with Gasteiger partial charge in [-0.3, -0.25) is 0 Å². The van der Waals surface area contributed by atoms with Crippen molar-refractivity contribution in [3.8, 4) is 0 Å². The van der Waals surface area contributed by atoms with Crippen LogP contribution in [-0.2, 0) is 0 Å². The fourth-order valence-electron chi connectivity index (χ4n) is 3.80. The number of nitrogens with one attached hydrogen (secondary N) is 4. The van der Waals surface area contributed by atoms with Crippen molar-refractivity contribution in [2.45, 2.75) is 13.8 Å². The van der Waals surface area contributed by atoms with E-state index in [1.807, 2.05) is 86.6 Å². The van der Waals surface area contributed by atoms with Gasteiger partial charge in [0.1, 0.15) is 22.1 Å². The van der Waals surface area contributed by atoms with Crippen molar-refractivity contribution in [2.75, 3.05) is 0 Å². The van der Waals surface area contributed by atoms with Crippen LogP contribution in [0.1, 0.15) is 11.1 Å². The molecule has 8 rings (SSSR count). The third-order valence-electron chi connectivity index (χ3n) is 5.75. The first-order valence-electron chi connectivity index (χ1n) is 12.2. The highest BCUT2D eigenvalue weighted by atomic mass is 32.2.